The van der Waals surface area contributed by atoms with Crippen LogP contribution in [0.15, 0.2) is 18.2 Å². The monoisotopic (exact) mass is 427 g/mol. The van der Waals surface area contributed by atoms with Crippen molar-refractivity contribution < 1.29 is 9.84 Å². The Labute approximate surface area is 190 Å². The summed E-state index contributed by atoms with van der Waals surface area (Å²) >= 11 is 0. The number of phenolic OH excluding ortho intramolecular Hbond substituents is 1. The Hall–Kier alpha value is -1.06. The molecule has 0 spiro atoms. The van der Waals surface area contributed by atoms with Gasteiger partial charge in [0, 0.05) is 13.2 Å². The minimum atomic E-state index is 0.433. The van der Waals surface area contributed by atoms with Crippen molar-refractivity contribution in [3.8, 4) is 5.75 Å². The fourth-order valence-corrected chi connectivity index (χ4v) is 7.64. The summed E-state index contributed by atoms with van der Waals surface area (Å²) in [5, 5.41) is 9.97. The summed E-state index contributed by atoms with van der Waals surface area (Å²) in [7, 11) is 2.21. The molecule has 174 valence electrons. The SMILES string of the molecule is CCCCN(C)CCOCC[C@H]1CCC2C3C(CCC21C)c1ccc(O)cc1C[C@H]3C. The van der Waals surface area contributed by atoms with Crippen molar-refractivity contribution in [2.75, 3.05) is 33.4 Å². The van der Waals surface area contributed by atoms with E-state index in [-0.39, 0.29) is 0 Å². The third-order valence-corrected chi connectivity index (χ3v) is 9.38. The Balaban J connectivity index is 1.33. The molecule has 0 amide bonds. The molecular formula is C28H45NO2. The van der Waals surface area contributed by atoms with E-state index in [1.807, 2.05) is 12.1 Å². The fourth-order valence-electron chi connectivity index (χ4n) is 7.64. The summed E-state index contributed by atoms with van der Waals surface area (Å²) in [5.41, 5.74) is 3.44. The first kappa shape index (κ1) is 23.1. The zero-order chi connectivity index (χ0) is 22.0. The van der Waals surface area contributed by atoms with Crippen LogP contribution in [0.2, 0.25) is 0 Å². The molecule has 3 aliphatic carbocycles. The Morgan fingerprint density at radius 3 is 2.81 bits per heavy atom. The quantitative estimate of drug-likeness (QED) is 0.473. The Kier molecular flexibility index (Phi) is 7.33. The van der Waals surface area contributed by atoms with Crippen LogP contribution in [0.3, 0.4) is 0 Å². The molecule has 3 aliphatic rings. The maximum atomic E-state index is 9.97. The van der Waals surface area contributed by atoms with Gasteiger partial charge in [0.1, 0.15) is 5.75 Å². The molecule has 2 fully saturated rings. The molecule has 4 rings (SSSR count). The van der Waals surface area contributed by atoms with E-state index in [0.29, 0.717) is 17.1 Å². The Bertz CT molecular complexity index is 734. The van der Waals surface area contributed by atoms with Crippen molar-refractivity contribution in [2.24, 2.45) is 29.1 Å². The van der Waals surface area contributed by atoms with E-state index in [1.54, 1.807) is 5.56 Å². The Morgan fingerprint density at radius 2 is 2.00 bits per heavy atom. The van der Waals surface area contributed by atoms with Gasteiger partial charge in [0.25, 0.3) is 0 Å². The lowest BCUT2D eigenvalue weighted by Crippen LogP contribution is -2.45. The van der Waals surface area contributed by atoms with Crippen LogP contribution in [-0.4, -0.2) is 43.4 Å². The van der Waals surface area contributed by atoms with Crippen LogP contribution in [-0.2, 0) is 11.2 Å². The first-order valence-electron chi connectivity index (χ1n) is 13.0. The average Bonchev–Trinajstić information content (AvgIpc) is 3.07. The van der Waals surface area contributed by atoms with E-state index >= 15 is 0 Å². The zero-order valence-electron chi connectivity index (χ0n) is 20.4. The number of benzene rings is 1. The van der Waals surface area contributed by atoms with E-state index < -0.39 is 0 Å². The third-order valence-electron chi connectivity index (χ3n) is 9.38. The number of ether oxygens (including phenoxy) is 1. The minimum Gasteiger partial charge on any atom is -0.508 e. The summed E-state index contributed by atoms with van der Waals surface area (Å²) in [6, 6.07) is 6.17. The molecule has 0 heterocycles. The second-order valence-corrected chi connectivity index (χ2v) is 11.2. The van der Waals surface area contributed by atoms with Crippen molar-refractivity contribution in [3.63, 3.8) is 0 Å². The Morgan fingerprint density at radius 1 is 1.16 bits per heavy atom. The summed E-state index contributed by atoms with van der Waals surface area (Å²) in [6.07, 6.45) is 10.4. The van der Waals surface area contributed by atoms with E-state index in [0.717, 1.165) is 49.9 Å². The van der Waals surface area contributed by atoms with Crippen LogP contribution in [0.25, 0.3) is 0 Å². The molecule has 0 radical (unpaired) electrons. The molecule has 0 aliphatic heterocycles. The summed E-state index contributed by atoms with van der Waals surface area (Å²) < 4.78 is 6.09. The molecular weight excluding hydrogens is 382 g/mol. The van der Waals surface area contributed by atoms with Crippen molar-refractivity contribution in [3.05, 3.63) is 29.3 Å². The summed E-state index contributed by atoms with van der Waals surface area (Å²) in [5.74, 6) is 4.35. The number of rotatable bonds is 9. The molecule has 1 aromatic rings. The van der Waals surface area contributed by atoms with Gasteiger partial charge in [-0.05, 0) is 117 Å². The molecule has 0 aromatic heterocycles. The first-order chi connectivity index (χ1) is 14.9. The number of hydrogen-bond acceptors (Lipinski definition) is 3. The van der Waals surface area contributed by atoms with E-state index in [1.165, 1.54) is 57.1 Å². The normalized spacial score (nSPS) is 34.4. The number of phenols is 1. The molecule has 0 bridgehead atoms. The largest absolute Gasteiger partial charge is 0.508 e. The van der Waals surface area contributed by atoms with Crippen molar-refractivity contribution >= 4 is 0 Å². The molecule has 1 N–H and O–H groups in total. The molecule has 31 heavy (non-hydrogen) atoms. The third kappa shape index (κ3) is 4.69. The van der Waals surface area contributed by atoms with E-state index in [2.05, 4.69) is 38.8 Å². The molecule has 3 nitrogen and oxygen atoms in total. The molecule has 3 heteroatoms. The maximum Gasteiger partial charge on any atom is 0.115 e. The molecule has 1 aromatic carbocycles. The van der Waals surface area contributed by atoms with Gasteiger partial charge < -0.3 is 14.7 Å². The van der Waals surface area contributed by atoms with Gasteiger partial charge in [-0.1, -0.05) is 33.3 Å². The van der Waals surface area contributed by atoms with Gasteiger partial charge in [0.15, 0.2) is 0 Å². The van der Waals surface area contributed by atoms with Crippen LogP contribution < -0.4 is 0 Å². The van der Waals surface area contributed by atoms with Crippen LogP contribution in [0, 0.1) is 29.1 Å². The molecule has 2 saturated carbocycles. The van der Waals surface area contributed by atoms with E-state index in [9.17, 15) is 5.11 Å². The lowest BCUT2D eigenvalue weighted by atomic mass is 9.51. The average molecular weight is 428 g/mol. The topological polar surface area (TPSA) is 32.7 Å². The van der Waals surface area contributed by atoms with Crippen molar-refractivity contribution in [1.29, 1.82) is 0 Å². The highest BCUT2D eigenvalue weighted by Crippen LogP contribution is 2.64. The number of hydrogen-bond donors (Lipinski definition) is 1. The van der Waals surface area contributed by atoms with Gasteiger partial charge in [-0.2, -0.15) is 0 Å². The van der Waals surface area contributed by atoms with Gasteiger partial charge in [-0.25, -0.2) is 0 Å². The first-order valence-corrected chi connectivity index (χ1v) is 13.0. The van der Waals surface area contributed by atoms with Gasteiger partial charge in [-0.15, -0.1) is 0 Å². The number of unbranched alkanes of at least 4 members (excludes halogenated alkanes) is 1. The van der Waals surface area contributed by atoms with Crippen molar-refractivity contribution in [2.45, 2.75) is 78.1 Å². The highest BCUT2D eigenvalue weighted by atomic mass is 16.5. The van der Waals surface area contributed by atoms with Crippen LogP contribution >= 0.6 is 0 Å². The highest BCUT2D eigenvalue weighted by molar-refractivity contribution is 5.40. The number of aromatic hydroxyl groups is 1. The molecule has 0 saturated heterocycles. The summed E-state index contributed by atoms with van der Waals surface area (Å²) in [4.78, 5) is 2.40. The standard InChI is InChI=1S/C28H45NO2/c1-5-6-14-29(4)15-17-31-16-12-22-7-10-26-27-20(2)18-21-19-23(30)8-9-24(21)25(27)11-13-28(22,26)3/h8-9,19-20,22,25-27,30H,5-7,10-18H2,1-4H3/t20-,22-,25?,26?,27?,28?/m1/s1. The predicted octanol–water partition coefficient (Wildman–Crippen LogP) is 6.25. The lowest BCUT2D eigenvalue weighted by molar-refractivity contribution is -0.00498. The zero-order valence-corrected chi connectivity index (χ0v) is 20.4. The van der Waals surface area contributed by atoms with Crippen LogP contribution in [0.5, 0.6) is 5.75 Å². The molecule has 4 unspecified atom stereocenters. The van der Waals surface area contributed by atoms with Gasteiger partial charge in [0.05, 0.1) is 6.61 Å². The number of fused-ring (bicyclic) bond motifs is 5. The second kappa shape index (κ2) is 9.83. The smallest absolute Gasteiger partial charge is 0.115 e. The van der Waals surface area contributed by atoms with Crippen molar-refractivity contribution in [1.82, 2.24) is 4.90 Å². The molecule has 6 atom stereocenters. The summed E-state index contributed by atoms with van der Waals surface area (Å²) in [6.45, 7) is 11.4. The maximum absolute atomic E-state index is 9.97. The second-order valence-electron chi connectivity index (χ2n) is 11.2. The van der Waals surface area contributed by atoms with Crippen LogP contribution in [0.4, 0.5) is 0 Å². The minimum absolute atomic E-state index is 0.433. The van der Waals surface area contributed by atoms with E-state index in [4.69, 9.17) is 4.74 Å². The predicted molar refractivity (Wildman–Crippen MR) is 129 cm³/mol. The fraction of sp³-hybridized carbons (Fsp3) is 0.786. The lowest BCUT2D eigenvalue weighted by Gasteiger charge is -2.53. The number of nitrogens with zero attached hydrogens (tertiary/aromatic N) is 1. The van der Waals surface area contributed by atoms with Gasteiger partial charge >= 0.3 is 0 Å². The van der Waals surface area contributed by atoms with Gasteiger partial charge in [0.2, 0.25) is 0 Å². The number of likely N-dealkylation sites (N-methyl/N-ethyl adjacent to an activating group) is 1. The highest BCUT2D eigenvalue weighted by Gasteiger charge is 2.55. The van der Waals surface area contributed by atoms with Crippen LogP contribution in [0.1, 0.15) is 82.8 Å². The van der Waals surface area contributed by atoms with Gasteiger partial charge in [-0.3, -0.25) is 0 Å².